The minimum Gasteiger partial charge on any atom is -0.394 e. The summed E-state index contributed by atoms with van der Waals surface area (Å²) in [6, 6.07) is 0. The highest BCUT2D eigenvalue weighted by molar-refractivity contribution is 5.96. The molecule has 3 aliphatic heterocycles. The van der Waals surface area contributed by atoms with Crippen LogP contribution in [0.3, 0.4) is 0 Å². The van der Waals surface area contributed by atoms with Gasteiger partial charge in [0.05, 0.1) is 31.0 Å². The van der Waals surface area contributed by atoms with Crippen LogP contribution in [0.25, 0.3) is 0 Å². The van der Waals surface area contributed by atoms with Gasteiger partial charge in [-0.3, -0.25) is 9.59 Å². The molecular weight excluding hydrogens is 616 g/mol. The molecule has 5 N–H and O–H groups in total. The van der Waals surface area contributed by atoms with E-state index in [2.05, 4.69) is 6.92 Å². The number of fused-ring (bicyclic) bond motifs is 4. The van der Waals surface area contributed by atoms with Crippen molar-refractivity contribution < 1.29 is 63.5 Å². The number of aliphatic hydroxyl groups is 5. The number of ether oxygens (including phenoxy) is 6. The molecule has 0 aromatic rings. The zero-order valence-corrected chi connectivity index (χ0v) is 27.6. The minimum absolute atomic E-state index is 0.0545. The number of carbonyl (C=O) groups is 2. The third-order valence-electron chi connectivity index (χ3n) is 13.1. The molecule has 19 atom stereocenters. The molecule has 0 spiro atoms. The molecule has 7 rings (SSSR count). The van der Waals surface area contributed by atoms with Crippen LogP contribution in [0.5, 0.6) is 0 Å². The Hall–Kier alpha value is -1.36. The zero-order valence-electron chi connectivity index (χ0n) is 27.6. The molecule has 6 fully saturated rings. The Kier molecular flexibility index (Phi) is 8.82. The second kappa shape index (κ2) is 12.2. The van der Waals surface area contributed by atoms with Gasteiger partial charge in [0.2, 0.25) is 0 Å². The van der Waals surface area contributed by atoms with Gasteiger partial charge in [0.15, 0.2) is 18.4 Å². The average Bonchev–Trinajstić information content (AvgIpc) is 3.46. The Balaban J connectivity index is 1.04. The van der Waals surface area contributed by atoms with Crippen LogP contribution in [-0.2, 0) is 38.0 Å². The minimum atomic E-state index is -1.58. The Morgan fingerprint density at radius 1 is 0.936 bits per heavy atom. The lowest BCUT2D eigenvalue weighted by molar-refractivity contribution is -0.346. The molecule has 13 heteroatoms. The molecule has 47 heavy (non-hydrogen) atoms. The lowest BCUT2D eigenvalue weighted by Gasteiger charge is -2.57. The SMILES string of the molecule is CO[C@@H]1C[C@H](O[C@H]2CC[C@@]3(C)C(=CC[C@H]4[C@H]5C(=O)C[C@H]6[C@@H](C)O[C@@H](C(=O)[C@@H]43)[C@@]56C)[C@H]2O)O[C@H](C)[C@H]1O[C@@H]1O[C@H](CO)[C@@H](O)[C@H](O)[C@H]1O. The quantitative estimate of drug-likeness (QED) is 0.239. The van der Waals surface area contributed by atoms with Crippen LogP contribution in [-0.4, -0.2) is 131 Å². The maximum Gasteiger partial charge on any atom is 0.187 e. The first kappa shape index (κ1) is 34.1. The van der Waals surface area contributed by atoms with E-state index in [1.165, 1.54) is 7.11 Å². The summed E-state index contributed by atoms with van der Waals surface area (Å²) in [5, 5.41) is 52.1. The molecule has 7 aliphatic rings. The topological polar surface area (TPSA) is 191 Å². The van der Waals surface area contributed by atoms with Gasteiger partial charge in [-0.05, 0) is 44.6 Å². The zero-order chi connectivity index (χ0) is 33.7. The van der Waals surface area contributed by atoms with E-state index in [4.69, 9.17) is 28.4 Å². The molecule has 0 radical (unpaired) electrons. The van der Waals surface area contributed by atoms with E-state index in [-0.39, 0.29) is 41.8 Å². The van der Waals surface area contributed by atoms with Crippen molar-refractivity contribution in [1.82, 2.24) is 0 Å². The molecule has 4 aliphatic carbocycles. The number of hydrogen-bond acceptors (Lipinski definition) is 13. The Morgan fingerprint density at radius 2 is 1.68 bits per heavy atom. The molecule has 0 unspecified atom stereocenters. The maximum atomic E-state index is 14.3. The fourth-order valence-corrected chi connectivity index (χ4v) is 10.7. The van der Waals surface area contributed by atoms with Crippen molar-refractivity contribution in [3.63, 3.8) is 0 Å². The van der Waals surface area contributed by atoms with Gasteiger partial charge in [-0.15, -0.1) is 0 Å². The molecular formula is C34H50O13. The number of carbonyl (C=O) groups excluding carboxylic acids is 2. The number of ketones is 2. The first-order chi connectivity index (χ1) is 22.3. The molecule has 3 saturated heterocycles. The van der Waals surface area contributed by atoms with Gasteiger partial charge < -0.3 is 54.0 Å². The number of methoxy groups -OCH3 is 1. The summed E-state index contributed by atoms with van der Waals surface area (Å²) in [6.07, 6.45) is -7.81. The first-order valence-electron chi connectivity index (χ1n) is 17.2. The second-order valence-corrected chi connectivity index (χ2v) is 15.4. The normalized spacial score (nSPS) is 55.7. The summed E-state index contributed by atoms with van der Waals surface area (Å²) >= 11 is 0. The smallest absolute Gasteiger partial charge is 0.187 e. The number of allylic oxidation sites excluding steroid dienone is 1. The van der Waals surface area contributed by atoms with Gasteiger partial charge in [0.25, 0.3) is 0 Å². The second-order valence-electron chi connectivity index (χ2n) is 15.4. The molecule has 3 heterocycles. The van der Waals surface area contributed by atoms with Crippen LogP contribution in [0.4, 0.5) is 0 Å². The summed E-state index contributed by atoms with van der Waals surface area (Å²) in [5.41, 5.74) is -0.336. The summed E-state index contributed by atoms with van der Waals surface area (Å²) in [5.74, 6) is -0.401. The molecule has 0 amide bonds. The molecule has 13 nitrogen and oxygen atoms in total. The van der Waals surface area contributed by atoms with Crippen molar-refractivity contribution in [2.45, 2.75) is 140 Å². The summed E-state index contributed by atoms with van der Waals surface area (Å²) in [7, 11) is 1.51. The van der Waals surface area contributed by atoms with Crippen LogP contribution in [0.15, 0.2) is 11.6 Å². The highest BCUT2D eigenvalue weighted by Gasteiger charge is 2.73. The standard InChI is InChI=1S/C34H50O13/c1-13-17-10-18(36)23-15-6-7-16-25(37)19(8-9-33(16,3)24(15)27(39)31(44-13)34(17,23)4)45-22-11-20(42-5)30(14(2)43-22)47-32-29(41)28(40)26(38)21(12-35)46-32/h7,13-15,17,19-26,28-32,35,37-38,40-41H,6,8-12H2,1-5H3/t13-,14-,15+,17+,19+,20-,21-,22+,23+,24-,25-,26-,28+,29-,30-,31+,32+,33+,34-/m1/s1. The molecule has 3 saturated carbocycles. The van der Waals surface area contributed by atoms with E-state index >= 15 is 0 Å². The maximum absolute atomic E-state index is 14.3. The van der Waals surface area contributed by atoms with Crippen molar-refractivity contribution in [1.29, 1.82) is 0 Å². The Labute approximate surface area is 274 Å². The fourth-order valence-electron chi connectivity index (χ4n) is 10.7. The van der Waals surface area contributed by atoms with Gasteiger partial charge in [0, 0.05) is 48.5 Å². The average molecular weight is 667 g/mol. The fraction of sp³-hybridized carbons (Fsp3) is 0.882. The van der Waals surface area contributed by atoms with Gasteiger partial charge in [-0.25, -0.2) is 0 Å². The number of aliphatic hydroxyl groups excluding tert-OH is 5. The van der Waals surface area contributed by atoms with E-state index in [1.54, 1.807) is 6.92 Å². The highest BCUT2D eigenvalue weighted by atomic mass is 16.7. The van der Waals surface area contributed by atoms with Crippen molar-refractivity contribution >= 4 is 11.6 Å². The summed E-state index contributed by atoms with van der Waals surface area (Å²) in [6.45, 7) is 7.27. The Bertz CT molecular complexity index is 1270. The first-order valence-corrected chi connectivity index (χ1v) is 17.2. The van der Waals surface area contributed by atoms with Crippen molar-refractivity contribution in [3.8, 4) is 0 Å². The highest BCUT2D eigenvalue weighted by Crippen LogP contribution is 2.67. The summed E-state index contributed by atoms with van der Waals surface area (Å²) in [4.78, 5) is 27.7. The van der Waals surface area contributed by atoms with E-state index in [1.807, 2.05) is 19.9 Å². The predicted molar refractivity (Wildman–Crippen MR) is 160 cm³/mol. The van der Waals surface area contributed by atoms with E-state index in [0.29, 0.717) is 25.7 Å². The molecule has 0 aromatic carbocycles. The third kappa shape index (κ3) is 4.98. The monoisotopic (exact) mass is 666 g/mol. The van der Waals surface area contributed by atoms with Gasteiger partial charge in [0.1, 0.15) is 48.5 Å². The molecule has 0 bridgehead atoms. The largest absolute Gasteiger partial charge is 0.394 e. The molecule has 264 valence electrons. The van der Waals surface area contributed by atoms with Gasteiger partial charge in [-0.1, -0.05) is 19.9 Å². The van der Waals surface area contributed by atoms with Crippen LogP contribution in [0.1, 0.15) is 59.8 Å². The van der Waals surface area contributed by atoms with Crippen LogP contribution < -0.4 is 0 Å². The number of rotatable bonds is 6. The predicted octanol–water partition coefficient (Wildman–Crippen LogP) is 0.0116. The van der Waals surface area contributed by atoms with E-state index in [9.17, 15) is 35.1 Å². The van der Waals surface area contributed by atoms with Gasteiger partial charge >= 0.3 is 0 Å². The van der Waals surface area contributed by atoms with E-state index < -0.39 is 97.0 Å². The number of hydrogen-bond donors (Lipinski definition) is 5. The van der Waals surface area contributed by atoms with Crippen LogP contribution in [0.2, 0.25) is 0 Å². The van der Waals surface area contributed by atoms with Crippen LogP contribution in [0, 0.1) is 34.5 Å². The van der Waals surface area contributed by atoms with Crippen molar-refractivity contribution in [3.05, 3.63) is 11.6 Å². The third-order valence-corrected chi connectivity index (χ3v) is 13.1. The van der Waals surface area contributed by atoms with Crippen molar-refractivity contribution in [2.24, 2.45) is 34.5 Å². The lowest BCUT2D eigenvalue weighted by atomic mass is 9.46. The van der Waals surface area contributed by atoms with Gasteiger partial charge in [-0.2, -0.15) is 0 Å². The van der Waals surface area contributed by atoms with E-state index in [0.717, 1.165) is 5.57 Å². The molecule has 0 aromatic heterocycles. The summed E-state index contributed by atoms with van der Waals surface area (Å²) < 4.78 is 36.1. The Morgan fingerprint density at radius 3 is 2.38 bits per heavy atom. The number of Topliss-reactive ketones (excluding diaryl/α,β-unsaturated/α-hetero) is 2. The van der Waals surface area contributed by atoms with Crippen LogP contribution >= 0.6 is 0 Å². The van der Waals surface area contributed by atoms with Crippen molar-refractivity contribution in [2.75, 3.05) is 13.7 Å². The lowest BCUT2D eigenvalue weighted by Crippen LogP contribution is -2.62.